The Labute approximate surface area is 296 Å². The molecule has 13 heteroatoms. The van der Waals surface area contributed by atoms with Gasteiger partial charge in [-0.25, -0.2) is 4.39 Å². The van der Waals surface area contributed by atoms with Gasteiger partial charge in [-0.1, -0.05) is 55.3 Å². The van der Waals surface area contributed by atoms with Gasteiger partial charge in [0.15, 0.2) is 0 Å². The molecule has 0 spiro atoms. The molecule has 1 amide bonds. The molecule has 3 heterocycles. The summed E-state index contributed by atoms with van der Waals surface area (Å²) in [7, 11) is 3.51. The molecule has 6 rings (SSSR count). The number of piperidine rings is 1. The summed E-state index contributed by atoms with van der Waals surface area (Å²) in [5, 5.41) is 20.1. The SMILES string of the molecule is CCN1CCC(N2C=C([C@@H](Nc3cc(Cl)c4ncc(C#N)c(Nc5ccc(F)c(Cl)c5)c4c3)C3(C)C=CC=C(C(=O)N(C)C)C3)NN2)CC1. The molecule has 1 aromatic heterocycles. The van der Waals surface area contributed by atoms with Gasteiger partial charge >= 0.3 is 0 Å². The van der Waals surface area contributed by atoms with Crippen LogP contribution in [0.4, 0.5) is 21.5 Å². The molecule has 1 aliphatic carbocycles. The van der Waals surface area contributed by atoms with Crippen LogP contribution in [0.2, 0.25) is 10.0 Å². The number of hydrogen-bond acceptors (Lipinski definition) is 9. The molecule has 256 valence electrons. The topological polar surface area (TPSA) is 112 Å². The number of hydrazine groups is 2. The highest BCUT2D eigenvalue weighted by Gasteiger charge is 2.40. The van der Waals surface area contributed by atoms with Crippen molar-refractivity contribution in [3.63, 3.8) is 0 Å². The van der Waals surface area contributed by atoms with Gasteiger partial charge < -0.3 is 25.9 Å². The Morgan fingerprint density at radius 3 is 2.65 bits per heavy atom. The van der Waals surface area contributed by atoms with E-state index in [0.717, 1.165) is 38.2 Å². The van der Waals surface area contributed by atoms with E-state index in [-0.39, 0.29) is 22.5 Å². The summed E-state index contributed by atoms with van der Waals surface area (Å²) in [5.41, 5.74) is 10.3. The number of amides is 1. The molecule has 3 aromatic rings. The normalized spacial score (nSPS) is 20.3. The predicted molar refractivity (Wildman–Crippen MR) is 194 cm³/mol. The number of fused-ring (bicyclic) bond motifs is 1. The average Bonchev–Trinajstić information content (AvgIpc) is 3.58. The maximum Gasteiger partial charge on any atom is 0.249 e. The maximum absolute atomic E-state index is 13.9. The van der Waals surface area contributed by atoms with Crippen molar-refractivity contribution >= 4 is 57.1 Å². The lowest BCUT2D eigenvalue weighted by atomic mass is 9.72. The number of nitriles is 1. The molecule has 2 aliphatic heterocycles. The Bertz CT molecular complexity index is 1900. The van der Waals surface area contributed by atoms with E-state index in [1.807, 2.05) is 24.3 Å². The summed E-state index contributed by atoms with van der Waals surface area (Å²) in [6.07, 6.45) is 12.1. The Morgan fingerprint density at radius 2 is 1.96 bits per heavy atom. The lowest BCUT2D eigenvalue weighted by molar-refractivity contribution is -0.125. The smallest absolute Gasteiger partial charge is 0.249 e. The number of carbonyl (C=O) groups is 1. The van der Waals surface area contributed by atoms with Crippen molar-refractivity contribution in [2.24, 2.45) is 5.41 Å². The van der Waals surface area contributed by atoms with Gasteiger partial charge in [-0.3, -0.25) is 14.8 Å². The fourth-order valence-corrected chi connectivity index (χ4v) is 7.24. The minimum absolute atomic E-state index is 0.0365. The molecule has 2 aromatic carbocycles. The third-order valence-corrected chi connectivity index (χ3v) is 10.1. The largest absolute Gasteiger partial charge is 0.376 e. The van der Waals surface area contributed by atoms with Crippen LogP contribution in [0.3, 0.4) is 0 Å². The van der Waals surface area contributed by atoms with E-state index in [1.54, 1.807) is 25.1 Å². The number of likely N-dealkylation sites (tertiary alicyclic amines) is 1. The molecule has 1 saturated heterocycles. The van der Waals surface area contributed by atoms with E-state index < -0.39 is 11.2 Å². The minimum Gasteiger partial charge on any atom is -0.376 e. The molecular weight excluding hydrogens is 664 g/mol. The average molecular weight is 705 g/mol. The first-order chi connectivity index (χ1) is 23.5. The van der Waals surface area contributed by atoms with Crippen molar-refractivity contribution < 1.29 is 9.18 Å². The van der Waals surface area contributed by atoms with Crippen LogP contribution in [0.1, 0.15) is 38.7 Å². The lowest BCUT2D eigenvalue weighted by Gasteiger charge is -2.39. The number of halogens is 3. The zero-order valence-corrected chi connectivity index (χ0v) is 29.5. The van der Waals surface area contributed by atoms with Crippen molar-refractivity contribution in [1.29, 1.82) is 5.26 Å². The van der Waals surface area contributed by atoms with E-state index in [2.05, 4.69) is 68.7 Å². The number of likely N-dealkylation sites (N-methyl/N-ethyl adjacent to an activating group) is 1. The van der Waals surface area contributed by atoms with Gasteiger partial charge in [0.05, 0.1) is 38.6 Å². The van der Waals surface area contributed by atoms with E-state index in [1.165, 1.54) is 18.3 Å². The number of allylic oxidation sites excluding steroid dienone is 2. The zero-order valence-electron chi connectivity index (χ0n) is 27.9. The van der Waals surface area contributed by atoms with E-state index in [9.17, 15) is 14.4 Å². The maximum atomic E-state index is 13.9. The molecule has 2 atom stereocenters. The third-order valence-electron chi connectivity index (χ3n) is 9.55. The highest BCUT2D eigenvalue weighted by molar-refractivity contribution is 6.36. The van der Waals surface area contributed by atoms with Crippen LogP contribution in [-0.4, -0.2) is 71.5 Å². The van der Waals surface area contributed by atoms with E-state index >= 15 is 0 Å². The fourth-order valence-electron chi connectivity index (χ4n) is 6.79. The number of rotatable bonds is 9. The third kappa shape index (κ3) is 7.19. The molecule has 0 saturated carbocycles. The Morgan fingerprint density at radius 1 is 1.20 bits per heavy atom. The van der Waals surface area contributed by atoms with Crippen LogP contribution in [0.5, 0.6) is 0 Å². The van der Waals surface area contributed by atoms with E-state index in [4.69, 9.17) is 23.2 Å². The molecule has 3 aliphatic rings. The van der Waals surface area contributed by atoms with Crippen LogP contribution in [-0.2, 0) is 4.79 Å². The number of hydrogen-bond donors (Lipinski definition) is 4. The van der Waals surface area contributed by atoms with Gasteiger partial charge in [0.2, 0.25) is 5.91 Å². The second-order valence-electron chi connectivity index (χ2n) is 13.2. The summed E-state index contributed by atoms with van der Waals surface area (Å²) in [6.45, 7) is 7.46. The second-order valence-corrected chi connectivity index (χ2v) is 14.0. The van der Waals surface area contributed by atoms with Crippen molar-refractivity contribution in [3.8, 4) is 6.07 Å². The van der Waals surface area contributed by atoms with Crippen molar-refractivity contribution in [1.82, 2.24) is 30.8 Å². The van der Waals surface area contributed by atoms with Crippen LogP contribution in [0.25, 0.3) is 10.9 Å². The highest BCUT2D eigenvalue weighted by atomic mass is 35.5. The summed E-state index contributed by atoms with van der Waals surface area (Å²) in [5.74, 6) is -0.580. The summed E-state index contributed by atoms with van der Waals surface area (Å²) >= 11 is 12.9. The number of aromatic nitrogens is 1. The molecule has 0 radical (unpaired) electrons. The number of nitrogens with one attached hydrogen (secondary N) is 4. The van der Waals surface area contributed by atoms with Gasteiger partial charge in [0.1, 0.15) is 11.9 Å². The highest BCUT2D eigenvalue weighted by Crippen LogP contribution is 2.42. The van der Waals surface area contributed by atoms with E-state index in [0.29, 0.717) is 51.0 Å². The van der Waals surface area contributed by atoms with Crippen molar-refractivity contribution in [2.75, 3.05) is 44.4 Å². The number of benzene rings is 2. The fraction of sp³-hybridized carbons (Fsp3) is 0.361. The molecular formula is C36H40Cl2FN9O. The first-order valence-electron chi connectivity index (χ1n) is 16.3. The number of nitrogens with zero attached hydrogens (tertiary/aromatic N) is 5. The Balaban J connectivity index is 1.39. The monoisotopic (exact) mass is 703 g/mol. The number of carbonyl (C=O) groups excluding carboxylic acids is 1. The van der Waals surface area contributed by atoms with Gasteiger partial charge in [-0.05, 0) is 56.1 Å². The zero-order chi connectivity index (χ0) is 34.9. The van der Waals surface area contributed by atoms with Crippen molar-refractivity contribution in [3.05, 3.63) is 93.7 Å². The number of anilines is 3. The predicted octanol–water partition coefficient (Wildman–Crippen LogP) is 6.71. The summed E-state index contributed by atoms with van der Waals surface area (Å²) in [4.78, 5) is 21.7. The molecule has 1 fully saturated rings. The minimum atomic E-state index is -0.544. The first-order valence-corrected chi connectivity index (χ1v) is 17.1. The van der Waals surface area contributed by atoms with Crippen LogP contribution >= 0.6 is 23.2 Å². The lowest BCUT2D eigenvalue weighted by Crippen LogP contribution is -2.49. The Hall–Kier alpha value is -4.34. The van der Waals surface area contributed by atoms with Crippen molar-refractivity contribution in [2.45, 2.75) is 45.2 Å². The van der Waals surface area contributed by atoms with Gasteiger partial charge in [0.25, 0.3) is 0 Å². The molecule has 0 bridgehead atoms. The quantitative estimate of drug-likeness (QED) is 0.193. The molecule has 10 nitrogen and oxygen atoms in total. The molecule has 4 N–H and O–H groups in total. The molecule has 49 heavy (non-hydrogen) atoms. The van der Waals surface area contributed by atoms with Crippen LogP contribution in [0.15, 0.2) is 72.2 Å². The number of pyridine rings is 1. The summed E-state index contributed by atoms with van der Waals surface area (Å²) in [6, 6.07) is 10.2. The standard InChI is InChI=1S/C36H40Cl2FN9O/c1-5-47-13-10-26(11-14-47)48-21-31(44-45-48)34(36(2)12-6-7-22(18-36)35(49)46(3)4)43-25-15-27-32(42-24-8-9-30(39)28(37)16-24)23(19-40)20-41-33(27)29(38)17-25/h6-9,12,15-17,20-21,26,34,43-45H,5,10-11,13-14,18H2,1-4H3,(H,41,42)/t34-,36?/m1/s1. The second kappa shape index (κ2) is 14.3. The van der Waals surface area contributed by atoms with Gasteiger partial charge in [-0.2, -0.15) is 5.26 Å². The van der Waals surface area contributed by atoms with Crippen LogP contribution in [0, 0.1) is 22.6 Å². The van der Waals surface area contributed by atoms with Crippen LogP contribution < -0.4 is 21.6 Å². The Kier molecular flexibility index (Phi) is 10.0. The molecule has 1 unspecified atom stereocenters. The summed E-state index contributed by atoms with van der Waals surface area (Å²) < 4.78 is 13.9. The van der Waals surface area contributed by atoms with Gasteiger partial charge in [0, 0.05) is 73.4 Å². The van der Waals surface area contributed by atoms with Gasteiger partial charge in [-0.15, -0.1) is 5.53 Å². The first kappa shape index (κ1) is 34.5.